The summed E-state index contributed by atoms with van der Waals surface area (Å²) in [5.41, 5.74) is 1.96. The van der Waals surface area contributed by atoms with E-state index in [0.717, 1.165) is 35.6 Å². The highest BCUT2D eigenvalue weighted by molar-refractivity contribution is 6.16. The lowest BCUT2D eigenvalue weighted by molar-refractivity contribution is 0.355. The standard InChI is InChI=1S/C16H23ClN2O2/c1-4-5-6-7-8-19-13-10-15(21-3)14(20-2)9-12(13)18-16(19)11-17/h9-10H,4-8,11H2,1-3H3. The zero-order valence-electron chi connectivity index (χ0n) is 13.0. The van der Waals surface area contributed by atoms with E-state index in [0.29, 0.717) is 11.6 Å². The smallest absolute Gasteiger partial charge is 0.163 e. The molecule has 0 radical (unpaired) electrons. The van der Waals surface area contributed by atoms with E-state index in [-0.39, 0.29) is 0 Å². The largest absolute Gasteiger partial charge is 0.493 e. The minimum Gasteiger partial charge on any atom is -0.493 e. The van der Waals surface area contributed by atoms with E-state index in [4.69, 9.17) is 21.1 Å². The first-order chi connectivity index (χ1) is 10.2. The molecule has 0 aliphatic carbocycles. The van der Waals surface area contributed by atoms with E-state index < -0.39 is 0 Å². The van der Waals surface area contributed by atoms with E-state index >= 15 is 0 Å². The Labute approximate surface area is 131 Å². The average molecular weight is 311 g/mol. The summed E-state index contributed by atoms with van der Waals surface area (Å²) in [6.07, 6.45) is 4.86. The van der Waals surface area contributed by atoms with E-state index in [1.54, 1.807) is 14.2 Å². The molecule has 0 unspecified atom stereocenters. The fourth-order valence-electron chi connectivity index (χ4n) is 2.55. The second kappa shape index (κ2) is 7.55. The molecular formula is C16H23ClN2O2. The number of methoxy groups -OCH3 is 2. The number of hydrogen-bond acceptors (Lipinski definition) is 3. The predicted octanol–water partition coefficient (Wildman–Crippen LogP) is 4.37. The monoisotopic (exact) mass is 310 g/mol. The van der Waals surface area contributed by atoms with Crippen LogP contribution in [0.2, 0.25) is 0 Å². The van der Waals surface area contributed by atoms with Gasteiger partial charge >= 0.3 is 0 Å². The van der Waals surface area contributed by atoms with Gasteiger partial charge in [-0.25, -0.2) is 4.98 Å². The van der Waals surface area contributed by atoms with Gasteiger partial charge in [0.25, 0.3) is 0 Å². The van der Waals surface area contributed by atoms with E-state index in [1.165, 1.54) is 19.3 Å². The van der Waals surface area contributed by atoms with Crippen molar-refractivity contribution in [1.82, 2.24) is 9.55 Å². The van der Waals surface area contributed by atoms with Crippen LogP contribution < -0.4 is 9.47 Å². The van der Waals surface area contributed by atoms with Gasteiger partial charge in [0.1, 0.15) is 5.82 Å². The molecule has 0 aliphatic rings. The fraction of sp³-hybridized carbons (Fsp3) is 0.562. The second-order valence-electron chi connectivity index (χ2n) is 5.07. The summed E-state index contributed by atoms with van der Waals surface area (Å²) in [6.45, 7) is 3.15. The fourth-order valence-corrected chi connectivity index (χ4v) is 2.75. The van der Waals surface area contributed by atoms with Gasteiger partial charge in [0.15, 0.2) is 11.5 Å². The molecule has 0 aliphatic heterocycles. The molecule has 21 heavy (non-hydrogen) atoms. The number of nitrogens with zero attached hydrogens (tertiary/aromatic N) is 2. The van der Waals surface area contributed by atoms with Crippen LogP contribution in [0.5, 0.6) is 11.5 Å². The minimum absolute atomic E-state index is 0.410. The number of aryl methyl sites for hydroxylation is 1. The van der Waals surface area contributed by atoms with Crippen LogP contribution in [0.1, 0.15) is 38.4 Å². The van der Waals surface area contributed by atoms with Gasteiger partial charge in [-0.1, -0.05) is 26.2 Å². The van der Waals surface area contributed by atoms with Gasteiger partial charge in [0, 0.05) is 18.7 Å². The Balaban J connectivity index is 2.37. The van der Waals surface area contributed by atoms with Crippen LogP contribution >= 0.6 is 11.6 Å². The molecule has 2 rings (SSSR count). The molecule has 5 heteroatoms. The highest BCUT2D eigenvalue weighted by atomic mass is 35.5. The predicted molar refractivity (Wildman–Crippen MR) is 86.5 cm³/mol. The molecule has 4 nitrogen and oxygen atoms in total. The molecule has 1 aromatic carbocycles. The lowest BCUT2D eigenvalue weighted by Crippen LogP contribution is -2.02. The molecule has 1 aromatic heterocycles. The minimum atomic E-state index is 0.410. The van der Waals surface area contributed by atoms with Crippen LogP contribution in [-0.2, 0) is 12.4 Å². The Hall–Kier alpha value is -1.42. The van der Waals surface area contributed by atoms with Crippen molar-refractivity contribution in [3.05, 3.63) is 18.0 Å². The number of hydrogen-bond donors (Lipinski definition) is 0. The van der Waals surface area contributed by atoms with Crippen molar-refractivity contribution >= 4 is 22.6 Å². The molecular weight excluding hydrogens is 288 g/mol. The maximum absolute atomic E-state index is 6.05. The zero-order chi connectivity index (χ0) is 15.2. The van der Waals surface area contributed by atoms with Crippen molar-refractivity contribution in [1.29, 1.82) is 0 Å². The molecule has 0 atom stereocenters. The molecule has 0 N–H and O–H groups in total. The summed E-state index contributed by atoms with van der Waals surface area (Å²) in [5.74, 6) is 2.73. The Morgan fingerprint density at radius 1 is 1.10 bits per heavy atom. The number of benzene rings is 1. The third kappa shape index (κ3) is 3.43. The van der Waals surface area contributed by atoms with Gasteiger partial charge in [-0.15, -0.1) is 11.6 Å². The van der Waals surface area contributed by atoms with Gasteiger partial charge in [-0.3, -0.25) is 0 Å². The first-order valence-electron chi connectivity index (χ1n) is 7.42. The summed E-state index contributed by atoms with van der Waals surface area (Å²) in [7, 11) is 3.28. The molecule has 0 spiro atoms. The van der Waals surface area contributed by atoms with E-state index in [1.807, 2.05) is 12.1 Å². The first-order valence-corrected chi connectivity index (χ1v) is 7.95. The number of ether oxygens (including phenoxy) is 2. The molecule has 2 aromatic rings. The van der Waals surface area contributed by atoms with Gasteiger partial charge < -0.3 is 14.0 Å². The summed E-state index contributed by atoms with van der Waals surface area (Å²) in [5, 5.41) is 0. The third-order valence-corrected chi connectivity index (χ3v) is 3.93. The highest BCUT2D eigenvalue weighted by Crippen LogP contribution is 2.32. The molecule has 1 heterocycles. The summed E-state index contributed by atoms with van der Waals surface area (Å²) in [6, 6.07) is 3.89. The SMILES string of the molecule is CCCCCCn1c(CCl)nc2cc(OC)c(OC)cc21. The van der Waals surface area contributed by atoms with Crippen molar-refractivity contribution in [3.8, 4) is 11.5 Å². The van der Waals surface area contributed by atoms with Crippen LogP contribution in [-0.4, -0.2) is 23.8 Å². The van der Waals surface area contributed by atoms with Crippen molar-refractivity contribution in [3.63, 3.8) is 0 Å². The summed E-state index contributed by atoms with van der Waals surface area (Å²) < 4.78 is 12.9. The number of imidazole rings is 1. The zero-order valence-corrected chi connectivity index (χ0v) is 13.7. The van der Waals surface area contributed by atoms with Crippen LogP contribution in [0, 0.1) is 0 Å². The maximum Gasteiger partial charge on any atom is 0.163 e. The Kier molecular flexibility index (Phi) is 5.74. The number of aromatic nitrogens is 2. The number of halogens is 1. The third-order valence-electron chi connectivity index (χ3n) is 3.69. The topological polar surface area (TPSA) is 36.3 Å². The Morgan fingerprint density at radius 2 is 1.81 bits per heavy atom. The van der Waals surface area contributed by atoms with Crippen molar-refractivity contribution in [2.45, 2.75) is 45.0 Å². The van der Waals surface area contributed by atoms with Gasteiger partial charge in [0.05, 0.1) is 31.1 Å². The molecule has 0 bridgehead atoms. The van der Waals surface area contributed by atoms with Crippen LogP contribution in [0.15, 0.2) is 12.1 Å². The van der Waals surface area contributed by atoms with Crippen LogP contribution in [0.25, 0.3) is 11.0 Å². The lowest BCUT2D eigenvalue weighted by Gasteiger charge is -2.10. The van der Waals surface area contributed by atoms with Crippen LogP contribution in [0.4, 0.5) is 0 Å². The van der Waals surface area contributed by atoms with Crippen LogP contribution in [0.3, 0.4) is 0 Å². The van der Waals surface area contributed by atoms with Gasteiger partial charge in [-0.05, 0) is 6.42 Å². The van der Waals surface area contributed by atoms with E-state index in [9.17, 15) is 0 Å². The van der Waals surface area contributed by atoms with Crippen molar-refractivity contribution < 1.29 is 9.47 Å². The summed E-state index contributed by atoms with van der Waals surface area (Å²) >= 11 is 6.05. The van der Waals surface area contributed by atoms with E-state index in [2.05, 4.69) is 16.5 Å². The highest BCUT2D eigenvalue weighted by Gasteiger charge is 2.14. The second-order valence-corrected chi connectivity index (χ2v) is 5.34. The van der Waals surface area contributed by atoms with Crippen molar-refractivity contribution in [2.24, 2.45) is 0 Å². The quantitative estimate of drug-likeness (QED) is 0.536. The normalized spacial score (nSPS) is 11.0. The molecule has 0 saturated carbocycles. The molecule has 0 saturated heterocycles. The lowest BCUT2D eigenvalue weighted by atomic mass is 10.2. The number of alkyl halides is 1. The average Bonchev–Trinajstić information content (AvgIpc) is 2.86. The number of rotatable bonds is 8. The molecule has 0 amide bonds. The van der Waals surface area contributed by atoms with Gasteiger partial charge in [0.2, 0.25) is 0 Å². The first kappa shape index (κ1) is 16.0. The van der Waals surface area contributed by atoms with Crippen molar-refractivity contribution in [2.75, 3.05) is 14.2 Å². The molecule has 0 fully saturated rings. The Morgan fingerprint density at radius 3 is 2.43 bits per heavy atom. The molecule has 116 valence electrons. The number of unbranched alkanes of at least 4 members (excludes halogenated alkanes) is 3. The van der Waals surface area contributed by atoms with Gasteiger partial charge in [-0.2, -0.15) is 0 Å². The maximum atomic E-state index is 6.05. The number of fused-ring (bicyclic) bond motifs is 1. The Bertz CT molecular complexity index is 595. The summed E-state index contributed by atoms with van der Waals surface area (Å²) in [4.78, 5) is 4.61.